The van der Waals surface area contributed by atoms with Gasteiger partial charge in [0.2, 0.25) is 0 Å². The molecule has 5 nitrogen and oxygen atoms in total. The van der Waals surface area contributed by atoms with Crippen molar-refractivity contribution >= 4 is 12.1 Å². The van der Waals surface area contributed by atoms with Crippen LogP contribution in [0.1, 0.15) is 18.9 Å². The van der Waals surface area contributed by atoms with Crippen molar-refractivity contribution in [3.63, 3.8) is 0 Å². The van der Waals surface area contributed by atoms with Gasteiger partial charge in [-0.3, -0.25) is 4.79 Å². The fourth-order valence-corrected chi connectivity index (χ4v) is 2.52. The molecule has 1 N–H and O–H groups in total. The molecule has 108 valence electrons. The van der Waals surface area contributed by atoms with Crippen molar-refractivity contribution in [2.75, 3.05) is 13.1 Å². The summed E-state index contributed by atoms with van der Waals surface area (Å²) in [4.78, 5) is 24.6. The number of nitrogens with zero attached hydrogens (tertiary/aromatic N) is 1. The third-order valence-electron chi connectivity index (χ3n) is 3.75. The molecule has 2 rings (SSSR count). The van der Waals surface area contributed by atoms with E-state index in [1.54, 1.807) is 0 Å². The molecule has 0 radical (unpaired) electrons. The molecule has 1 aliphatic rings. The van der Waals surface area contributed by atoms with Crippen molar-refractivity contribution in [2.45, 2.75) is 20.0 Å². The number of amides is 1. The van der Waals surface area contributed by atoms with Gasteiger partial charge in [-0.05, 0) is 11.5 Å². The van der Waals surface area contributed by atoms with Gasteiger partial charge < -0.3 is 14.7 Å². The van der Waals surface area contributed by atoms with Crippen LogP contribution in [-0.4, -0.2) is 35.2 Å². The molecule has 1 aromatic carbocycles. The highest BCUT2D eigenvalue weighted by Crippen LogP contribution is 2.26. The molecule has 0 aromatic heterocycles. The highest BCUT2D eigenvalue weighted by atomic mass is 16.6. The lowest BCUT2D eigenvalue weighted by atomic mass is 9.94. The summed E-state index contributed by atoms with van der Waals surface area (Å²) in [5.41, 5.74) is 0.918. The molecule has 0 saturated carbocycles. The lowest BCUT2D eigenvalue weighted by molar-refractivity contribution is -0.142. The van der Waals surface area contributed by atoms with E-state index in [0.29, 0.717) is 6.54 Å². The number of ether oxygens (including phenoxy) is 1. The van der Waals surface area contributed by atoms with Gasteiger partial charge in [-0.15, -0.1) is 0 Å². The van der Waals surface area contributed by atoms with Crippen LogP contribution >= 0.6 is 0 Å². The van der Waals surface area contributed by atoms with Crippen LogP contribution < -0.4 is 0 Å². The Morgan fingerprint density at radius 2 is 2.00 bits per heavy atom. The predicted molar refractivity (Wildman–Crippen MR) is 73.1 cm³/mol. The minimum Gasteiger partial charge on any atom is -0.481 e. The van der Waals surface area contributed by atoms with Gasteiger partial charge in [-0.2, -0.15) is 0 Å². The first-order valence-electron chi connectivity index (χ1n) is 6.80. The first-order valence-corrected chi connectivity index (χ1v) is 6.80. The Bertz CT molecular complexity index is 474. The Kier molecular flexibility index (Phi) is 4.61. The van der Waals surface area contributed by atoms with Crippen LogP contribution in [0.15, 0.2) is 30.3 Å². The quantitative estimate of drug-likeness (QED) is 0.917. The summed E-state index contributed by atoms with van der Waals surface area (Å²) in [7, 11) is 0. The average Bonchev–Trinajstić information content (AvgIpc) is 2.90. The van der Waals surface area contributed by atoms with Crippen LogP contribution in [0.5, 0.6) is 0 Å². The normalized spacial score (nSPS) is 21.8. The number of carboxylic acids is 1. The molecule has 1 heterocycles. The Morgan fingerprint density at radius 1 is 1.30 bits per heavy atom. The maximum Gasteiger partial charge on any atom is 0.410 e. The summed E-state index contributed by atoms with van der Waals surface area (Å²) >= 11 is 0. The lowest BCUT2D eigenvalue weighted by Crippen LogP contribution is -2.30. The van der Waals surface area contributed by atoms with E-state index in [1.807, 2.05) is 37.3 Å². The standard InChI is InChI=1S/C15H19NO4/c1-2-12-8-16(9-13(12)14(17)18)15(19)20-10-11-6-4-3-5-7-11/h3-7,12-13H,2,8-10H2,1H3,(H,17,18)/t12-,13-/m1/s1. The molecule has 0 spiro atoms. The molecule has 2 atom stereocenters. The van der Waals surface area contributed by atoms with E-state index in [9.17, 15) is 9.59 Å². The van der Waals surface area contributed by atoms with Crippen molar-refractivity contribution in [3.05, 3.63) is 35.9 Å². The first kappa shape index (κ1) is 14.4. The highest BCUT2D eigenvalue weighted by Gasteiger charge is 2.39. The molecule has 20 heavy (non-hydrogen) atoms. The number of benzene rings is 1. The van der Waals surface area contributed by atoms with Gasteiger partial charge in [0.15, 0.2) is 0 Å². The molecule has 1 aromatic rings. The zero-order valence-corrected chi connectivity index (χ0v) is 11.5. The summed E-state index contributed by atoms with van der Waals surface area (Å²) in [5, 5.41) is 9.14. The van der Waals surface area contributed by atoms with Crippen molar-refractivity contribution in [3.8, 4) is 0 Å². The van der Waals surface area contributed by atoms with Crippen molar-refractivity contribution < 1.29 is 19.4 Å². The Morgan fingerprint density at radius 3 is 2.55 bits per heavy atom. The van der Waals surface area contributed by atoms with Crippen LogP contribution in [0.3, 0.4) is 0 Å². The summed E-state index contributed by atoms with van der Waals surface area (Å²) in [6.45, 7) is 2.85. The van der Waals surface area contributed by atoms with Gasteiger partial charge in [0.1, 0.15) is 6.61 Å². The smallest absolute Gasteiger partial charge is 0.410 e. The second kappa shape index (κ2) is 6.41. The zero-order valence-electron chi connectivity index (χ0n) is 11.5. The van der Waals surface area contributed by atoms with Gasteiger partial charge in [0.05, 0.1) is 5.92 Å². The van der Waals surface area contributed by atoms with Crippen molar-refractivity contribution in [2.24, 2.45) is 11.8 Å². The minimum atomic E-state index is -0.838. The molecule has 1 aliphatic heterocycles. The van der Waals surface area contributed by atoms with E-state index in [0.717, 1.165) is 12.0 Å². The predicted octanol–water partition coefficient (Wildman–Crippen LogP) is 2.37. The zero-order chi connectivity index (χ0) is 14.5. The molecule has 5 heteroatoms. The van der Waals surface area contributed by atoms with Gasteiger partial charge >= 0.3 is 12.1 Å². The number of aliphatic carboxylic acids is 1. The summed E-state index contributed by atoms with van der Waals surface area (Å²) in [6, 6.07) is 9.42. The largest absolute Gasteiger partial charge is 0.481 e. The van der Waals surface area contributed by atoms with Crippen LogP contribution in [0.25, 0.3) is 0 Å². The van der Waals surface area contributed by atoms with Gasteiger partial charge in [-0.1, -0.05) is 43.7 Å². The third kappa shape index (κ3) is 3.29. The van der Waals surface area contributed by atoms with E-state index in [1.165, 1.54) is 4.90 Å². The second-order valence-electron chi connectivity index (χ2n) is 5.06. The average molecular weight is 277 g/mol. The van der Waals surface area contributed by atoms with E-state index >= 15 is 0 Å². The maximum atomic E-state index is 12.0. The number of rotatable bonds is 4. The SMILES string of the molecule is CC[C@@H]1CN(C(=O)OCc2ccccc2)C[C@H]1C(=O)O. The van der Waals surface area contributed by atoms with E-state index in [-0.39, 0.29) is 19.1 Å². The fourth-order valence-electron chi connectivity index (χ4n) is 2.52. The highest BCUT2D eigenvalue weighted by molar-refractivity contribution is 5.74. The summed E-state index contributed by atoms with van der Waals surface area (Å²) in [6.07, 6.45) is 0.315. The monoisotopic (exact) mass is 277 g/mol. The topological polar surface area (TPSA) is 66.8 Å². The summed E-state index contributed by atoms with van der Waals surface area (Å²) < 4.78 is 5.23. The summed E-state index contributed by atoms with van der Waals surface area (Å²) in [5.74, 6) is -1.31. The Labute approximate surface area is 118 Å². The van der Waals surface area contributed by atoms with Gasteiger partial charge in [0.25, 0.3) is 0 Å². The third-order valence-corrected chi connectivity index (χ3v) is 3.75. The maximum absolute atomic E-state index is 12.0. The van der Waals surface area contributed by atoms with Crippen molar-refractivity contribution in [1.29, 1.82) is 0 Å². The molecular formula is C15H19NO4. The molecule has 0 bridgehead atoms. The van der Waals surface area contributed by atoms with Crippen LogP contribution in [0, 0.1) is 11.8 Å². The molecule has 0 unspecified atom stereocenters. The number of carbonyl (C=O) groups is 2. The minimum absolute atomic E-state index is 0.0109. The van der Waals surface area contributed by atoms with E-state index in [2.05, 4.69) is 0 Å². The molecule has 1 fully saturated rings. The number of carbonyl (C=O) groups excluding carboxylic acids is 1. The van der Waals surface area contributed by atoms with Gasteiger partial charge in [0, 0.05) is 13.1 Å². The molecular weight excluding hydrogens is 258 g/mol. The number of hydrogen-bond acceptors (Lipinski definition) is 3. The molecule has 0 aliphatic carbocycles. The molecule has 1 saturated heterocycles. The molecule has 1 amide bonds. The number of hydrogen-bond donors (Lipinski definition) is 1. The van der Waals surface area contributed by atoms with Crippen LogP contribution in [-0.2, 0) is 16.1 Å². The van der Waals surface area contributed by atoms with Crippen molar-refractivity contribution in [1.82, 2.24) is 4.90 Å². The van der Waals surface area contributed by atoms with Crippen LogP contribution in [0.4, 0.5) is 4.79 Å². The number of likely N-dealkylation sites (tertiary alicyclic amines) is 1. The second-order valence-corrected chi connectivity index (χ2v) is 5.06. The van der Waals surface area contributed by atoms with E-state index < -0.39 is 18.0 Å². The Hall–Kier alpha value is -2.04. The van der Waals surface area contributed by atoms with E-state index in [4.69, 9.17) is 9.84 Å². The van der Waals surface area contributed by atoms with Gasteiger partial charge in [-0.25, -0.2) is 4.79 Å². The first-order chi connectivity index (χ1) is 9.61. The fraction of sp³-hybridized carbons (Fsp3) is 0.467. The number of carboxylic acid groups (broad SMARTS) is 1. The van der Waals surface area contributed by atoms with Crippen LogP contribution in [0.2, 0.25) is 0 Å². The lowest BCUT2D eigenvalue weighted by Gasteiger charge is -2.15. The Balaban J connectivity index is 1.89.